The second kappa shape index (κ2) is 7.78. The first-order valence-corrected chi connectivity index (χ1v) is 10.2. The van der Waals surface area contributed by atoms with Crippen molar-refractivity contribution in [1.82, 2.24) is 15.0 Å². The maximum Gasteiger partial charge on any atom is 0.247 e. The number of aryl methyl sites for hydroxylation is 1. The quantitative estimate of drug-likeness (QED) is 0.693. The van der Waals surface area contributed by atoms with Crippen LogP contribution in [0.5, 0.6) is 0 Å². The summed E-state index contributed by atoms with van der Waals surface area (Å²) in [7, 11) is 1.93. The number of fused-ring (bicyclic) bond motifs is 1. The predicted octanol–water partition coefficient (Wildman–Crippen LogP) is 2.52. The molecule has 1 aliphatic carbocycles. The Labute approximate surface area is 175 Å². The lowest BCUT2D eigenvalue weighted by Gasteiger charge is -2.39. The molecule has 1 atom stereocenters. The van der Waals surface area contributed by atoms with Gasteiger partial charge in [-0.2, -0.15) is 5.26 Å². The highest BCUT2D eigenvalue weighted by atomic mass is 16.2. The van der Waals surface area contributed by atoms with Crippen molar-refractivity contribution in [2.24, 2.45) is 5.92 Å². The summed E-state index contributed by atoms with van der Waals surface area (Å²) in [6, 6.07) is 4.33. The maximum absolute atomic E-state index is 12.5. The lowest BCUT2D eigenvalue weighted by Crippen LogP contribution is -2.49. The molecule has 0 radical (unpaired) electrons. The van der Waals surface area contributed by atoms with E-state index in [-0.39, 0.29) is 17.9 Å². The molecule has 2 aliphatic rings. The molecule has 2 aromatic heterocycles. The van der Waals surface area contributed by atoms with Crippen LogP contribution in [0.2, 0.25) is 0 Å². The van der Waals surface area contributed by atoms with Crippen molar-refractivity contribution in [2.45, 2.75) is 51.7 Å². The Morgan fingerprint density at radius 2 is 1.90 bits per heavy atom. The van der Waals surface area contributed by atoms with Crippen LogP contribution in [0.3, 0.4) is 0 Å². The maximum atomic E-state index is 12.5. The zero-order valence-electron chi connectivity index (χ0n) is 17.6. The number of likely N-dealkylation sites (N-methyl/N-ethyl adjacent to an activating group) is 1. The molecule has 0 spiro atoms. The number of aromatic nitrogens is 3. The summed E-state index contributed by atoms with van der Waals surface area (Å²) in [5.74, 6) is 2.50. The van der Waals surface area contributed by atoms with E-state index in [0.717, 1.165) is 35.7 Å². The van der Waals surface area contributed by atoms with Gasteiger partial charge in [0.15, 0.2) is 11.5 Å². The average Bonchev–Trinajstić information content (AvgIpc) is 2.67. The van der Waals surface area contributed by atoms with Crippen LogP contribution in [-0.4, -0.2) is 46.0 Å². The molecule has 30 heavy (non-hydrogen) atoms. The summed E-state index contributed by atoms with van der Waals surface area (Å²) in [6.45, 7) is 6.07. The minimum atomic E-state index is -0.231. The number of carbonyl (C=O) groups excluding carboxylic acids is 1. The van der Waals surface area contributed by atoms with Crippen LogP contribution in [0.4, 0.5) is 23.1 Å². The van der Waals surface area contributed by atoms with E-state index in [2.05, 4.69) is 25.9 Å². The molecule has 0 bridgehead atoms. The third kappa shape index (κ3) is 3.73. The Bertz CT molecular complexity index is 991. The molecule has 1 fully saturated rings. The van der Waals surface area contributed by atoms with E-state index < -0.39 is 0 Å². The summed E-state index contributed by atoms with van der Waals surface area (Å²) >= 11 is 0. The van der Waals surface area contributed by atoms with Gasteiger partial charge in [-0.1, -0.05) is 13.8 Å². The highest BCUT2D eigenvalue weighted by Crippen LogP contribution is 2.36. The Kier molecular flexibility index (Phi) is 5.16. The third-order valence-corrected chi connectivity index (χ3v) is 5.71. The summed E-state index contributed by atoms with van der Waals surface area (Å²) in [5.41, 5.74) is 2.09. The van der Waals surface area contributed by atoms with Gasteiger partial charge in [-0.05, 0) is 37.3 Å². The zero-order chi connectivity index (χ0) is 21.4. The first kappa shape index (κ1) is 19.9. The van der Waals surface area contributed by atoms with Gasteiger partial charge in [0.05, 0.1) is 18.1 Å². The molecule has 1 amide bonds. The molecule has 0 unspecified atom stereocenters. The zero-order valence-corrected chi connectivity index (χ0v) is 17.6. The van der Waals surface area contributed by atoms with Crippen LogP contribution in [0.1, 0.15) is 37.9 Å². The molecular formula is C21H26N8O. The summed E-state index contributed by atoms with van der Waals surface area (Å²) in [5, 5.41) is 18.7. The molecule has 9 heteroatoms. The second-order valence-electron chi connectivity index (χ2n) is 8.36. The highest BCUT2D eigenvalue weighted by molar-refractivity contribution is 6.03. The van der Waals surface area contributed by atoms with Gasteiger partial charge in [-0.15, -0.1) is 0 Å². The lowest BCUT2D eigenvalue weighted by molar-refractivity contribution is -0.118. The second-order valence-corrected chi connectivity index (χ2v) is 8.36. The number of rotatable bonds is 5. The van der Waals surface area contributed by atoms with Crippen molar-refractivity contribution >= 4 is 29.0 Å². The fourth-order valence-electron chi connectivity index (χ4n) is 4.13. The Balaban J connectivity index is 1.40. The lowest BCUT2D eigenvalue weighted by atomic mass is 9.86. The first-order chi connectivity index (χ1) is 14.4. The minimum Gasteiger partial charge on any atom is -0.367 e. The largest absolute Gasteiger partial charge is 0.367 e. The number of hydrogen-bond donors (Lipinski definition) is 3. The van der Waals surface area contributed by atoms with Gasteiger partial charge in [0.1, 0.15) is 23.7 Å². The van der Waals surface area contributed by atoms with Crippen LogP contribution in [0, 0.1) is 24.2 Å². The van der Waals surface area contributed by atoms with E-state index in [1.54, 1.807) is 6.20 Å². The average molecular weight is 406 g/mol. The van der Waals surface area contributed by atoms with Gasteiger partial charge >= 0.3 is 0 Å². The Hall–Kier alpha value is -3.41. The Morgan fingerprint density at radius 1 is 1.20 bits per heavy atom. The van der Waals surface area contributed by atoms with Crippen LogP contribution in [0.15, 0.2) is 18.5 Å². The monoisotopic (exact) mass is 406 g/mol. The van der Waals surface area contributed by atoms with Crippen molar-refractivity contribution in [1.29, 1.82) is 5.26 Å². The van der Waals surface area contributed by atoms with Gasteiger partial charge in [0.25, 0.3) is 0 Å². The molecule has 156 valence electrons. The van der Waals surface area contributed by atoms with Crippen LogP contribution in [0.25, 0.3) is 0 Å². The molecule has 1 aliphatic heterocycles. The van der Waals surface area contributed by atoms with E-state index in [1.807, 2.05) is 44.9 Å². The number of pyridine rings is 1. The number of amides is 1. The van der Waals surface area contributed by atoms with Crippen molar-refractivity contribution in [3.8, 4) is 6.07 Å². The molecule has 9 nitrogen and oxygen atoms in total. The van der Waals surface area contributed by atoms with Crippen molar-refractivity contribution in [3.05, 3.63) is 29.7 Å². The normalized spacial score (nSPS) is 22.6. The van der Waals surface area contributed by atoms with Gasteiger partial charge in [0.2, 0.25) is 5.91 Å². The first-order valence-electron chi connectivity index (χ1n) is 10.2. The molecule has 0 aromatic carbocycles. The number of anilines is 4. The number of carbonyl (C=O) groups is 1. The highest BCUT2D eigenvalue weighted by Gasteiger charge is 2.35. The molecule has 3 heterocycles. The number of hydrogen-bond acceptors (Lipinski definition) is 8. The van der Waals surface area contributed by atoms with E-state index in [0.29, 0.717) is 23.6 Å². The number of nitriles is 1. The molecule has 4 rings (SSSR count). The van der Waals surface area contributed by atoms with Crippen LogP contribution in [-0.2, 0) is 4.79 Å². The smallest absolute Gasteiger partial charge is 0.247 e. The Morgan fingerprint density at radius 3 is 2.50 bits per heavy atom. The third-order valence-electron chi connectivity index (χ3n) is 5.71. The van der Waals surface area contributed by atoms with Gasteiger partial charge in [0, 0.05) is 19.1 Å². The van der Waals surface area contributed by atoms with E-state index in [4.69, 9.17) is 10.2 Å². The minimum absolute atomic E-state index is 0.0180. The van der Waals surface area contributed by atoms with Gasteiger partial charge in [-0.25, -0.2) is 15.0 Å². The fourth-order valence-corrected chi connectivity index (χ4v) is 4.13. The van der Waals surface area contributed by atoms with Crippen molar-refractivity contribution < 1.29 is 4.79 Å². The van der Waals surface area contributed by atoms with Crippen molar-refractivity contribution in [2.75, 3.05) is 27.9 Å². The predicted molar refractivity (Wildman–Crippen MR) is 115 cm³/mol. The SMILES string of the molecule is Cc1cc(N[C@H]2C[C@@H](Nc3cnc(C#N)cn3)C2)nc2c1NC(=O)[C@H](C(C)C)N2C. The van der Waals surface area contributed by atoms with Crippen LogP contribution < -0.4 is 20.9 Å². The van der Waals surface area contributed by atoms with Gasteiger partial charge in [-0.3, -0.25) is 4.79 Å². The standard InChI is InChI=1S/C21H26N8O/c1-11(2)19-21(30)28-18-12(3)5-16(27-20(18)29(19)4)25-13-6-14(7-13)26-17-10-23-15(8-22)9-24-17/h5,9-11,13-14,19H,6-7H2,1-4H3,(H,24,26)(H,25,27)(H,28,30)/t13-,14+,19-/m0/s1. The summed E-state index contributed by atoms with van der Waals surface area (Å²) in [4.78, 5) is 27.5. The number of nitrogens with one attached hydrogen (secondary N) is 3. The summed E-state index contributed by atoms with van der Waals surface area (Å²) < 4.78 is 0. The topological polar surface area (TPSA) is 119 Å². The van der Waals surface area contributed by atoms with Crippen molar-refractivity contribution in [3.63, 3.8) is 0 Å². The molecule has 1 saturated carbocycles. The van der Waals surface area contributed by atoms with E-state index in [9.17, 15) is 4.79 Å². The van der Waals surface area contributed by atoms with Gasteiger partial charge < -0.3 is 20.9 Å². The molecule has 2 aromatic rings. The van der Waals surface area contributed by atoms with E-state index >= 15 is 0 Å². The summed E-state index contributed by atoms with van der Waals surface area (Å²) in [6.07, 6.45) is 4.92. The molecular weight excluding hydrogens is 380 g/mol. The molecule has 0 saturated heterocycles. The van der Waals surface area contributed by atoms with Crippen LogP contribution >= 0.6 is 0 Å². The molecule has 3 N–H and O–H groups in total. The van der Waals surface area contributed by atoms with E-state index in [1.165, 1.54) is 6.20 Å². The fraction of sp³-hybridized carbons (Fsp3) is 0.476. The number of nitrogens with zero attached hydrogens (tertiary/aromatic N) is 5.